The normalized spacial score (nSPS) is 23.9. The van der Waals surface area contributed by atoms with Crippen LogP contribution in [0, 0.1) is 5.92 Å². The first-order valence-corrected chi connectivity index (χ1v) is 7.64. The molecule has 0 aliphatic carbocycles. The Labute approximate surface area is 96.8 Å². The number of aromatic nitrogens is 1. The van der Waals surface area contributed by atoms with Crippen LogP contribution < -0.4 is 5.32 Å². The van der Waals surface area contributed by atoms with E-state index in [-0.39, 0.29) is 0 Å². The maximum Gasteiger partial charge on any atom is 0.0794 e. The third-order valence-corrected chi connectivity index (χ3v) is 5.05. The third-order valence-electron chi connectivity index (χ3n) is 2.61. The van der Waals surface area contributed by atoms with E-state index in [1.165, 1.54) is 12.8 Å². The minimum atomic E-state index is -0.717. The number of nitrogens with one attached hydrogen (secondary N) is 1. The van der Waals surface area contributed by atoms with Crippen LogP contribution in [0.5, 0.6) is 0 Å². The fourth-order valence-electron chi connectivity index (χ4n) is 1.86. The van der Waals surface area contributed by atoms with E-state index in [1.54, 1.807) is 16.8 Å². The molecule has 3 nitrogen and oxygen atoms in total. The molecule has 0 bridgehead atoms. The van der Waals surface area contributed by atoms with Crippen molar-refractivity contribution in [2.75, 3.05) is 18.8 Å². The lowest BCUT2D eigenvalue weighted by molar-refractivity contribution is 0.408. The number of thiazole rings is 1. The first-order valence-electron chi connectivity index (χ1n) is 5.27. The quantitative estimate of drug-likeness (QED) is 0.870. The van der Waals surface area contributed by atoms with Gasteiger partial charge in [-0.3, -0.25) is 9.19 Å². The molecular formula is C10H16N2OS2. The van der Waals surface area contributed by atoms with E-state index >= 15 is 0 Å². The standard InChI is InChI=1S/C10H16N2OS2/c13-15(7-10-5-12-8-14-10)6-9-2-1-3-11-4-9/h5,8-9,11H,1-4,6-7H2/t9-,15+/m1/s1. The second-order valence-corrected chi connectivity index (χ2v) is 6.40. The zero-order valence-corrected chi connectivity index (χ0v) is 10.3. The molecule has 2 heterocycles. The van der Waals surface area contributed by atoms with E-state index < -0.39 is 10.8 Å². The highest BCUT2D eigenvalue weighted by Crippen LogP contribution is 2.14. The summed E-state index contributed by atoms with van der Waals surface area (Å²) < 4.78 is 11.8. The highest BCUT2D eigenvalue weighted by atomic mass is 32.2. The summed E-state index contributed by atoms with van der Waals surface area (Å²) >= 11 is 1.59. The summed E-state index contributed by atoms with van der Waals surface area (Å²) in [5, 5.41) is 3.35. The molecule has 1 aliphatic heterocycles. The predicted octanol–water partition coefficient (Wildman–Crippen LogP) is 1.39. The largest absolute Gasteiger partial charge is 0.316 e. The maximum absolute atomic E-state index is 11.8. The smallest absolute Gasteiger partial charge is 0.0794 e. The number of nitrogens with zero attached hydrogens (tertiary/aromatic N) is 1. The average molecular weight is 244 g/mol. The number of piperidine rings is 1. The van der Waals surface area contributed by atoms with Crippen molar-refractivity contribution in [1.29, 1.82) is 0 Å². The van der Waals surface area contributed by atoms with Gasteiger partial charge in [0.1, 0.15) is 0 Å². The van der Waals surface area contributed by atoms with Crippen LogP contribution >= 0.6 is 11.3 Å². The SMILES string of the molecule is O=[S@](Cc1cncs1)C[C@@H]1CCCNC1. The molecule has 15 heavy (non-hydrogen) atoms. The highest BCUT2D eigenvalue weighted by Gasteiger charge is 2.16. The van der Waals surface area contributed by atoms with Gasteiger partial charge in [-0.05, 0) is 31.8 Å². The van der Waals surface area contributed by atoms with Gasteiger partial charge in [0.2, 0.25) is 0 Å². The lowest BCUT2D eigenvalue weighted by atomic mass is 10.0. The molecule has 2 rings (SSSR count). The average Bonchev–Trinajstić information content (AvgIpc) is 2.71. The first-order chi connectivity index (χ1) is 7.34. The molecule has 0 unspecified atom stereocenters. The van der Waals surface area contributed by atoms with Gasteiger partial charge in [-0.15, -0.1) is 11.3 Å². The molecule has 1 fully saturated rings. The first kappa shape index (κ1) is 11.2. The third kappa shape index (κ3) is 3.66. The molecule has 2 atom stereocenters. The molecule has 1 saturated heterocycles. The van der Waals surface area contributed by atoms with Crippen LogP contribution in [0.15, 0.2) is 11.7 Å². The van der Waals surface area contributed by atoms with Crippen molar-refractivity contribution in [3.8, 4) is 0 Å². The fraction of sp³-hybridized carbons (Fsp3) is 0.700. The van der Waals surface area contributed by atoms with Crippen LogP contribution in [-0.4, -0.2) is 28.0 Å². The molecule has 0 saturated carbocycles. The van der Waals surface area contributed by atoms with Gasteiger partial charge in [-0.1, -0.05) is 0 Å². The molecular weight excluding hydrogens is 228 g/mol. The molecule has 84 valence electrons. The molecule has 1 N–H and O–H groups in total. The van der Waals surface area contributed by atoms with Gasteiger partial charge in [0.25, 0.3) is 0 Å². The van der Waals surface area contributed by atoms with Gasteiger partial charge < -0.3 is 5.32 Å². The van der Waals surface area contributed by atoms with E-state index in [0.29, 0.717) is 11.7 Å². The number of hydrogen-bond acceptors (Lipinski definition) is 4. The van der Waals surface area contributed by atoms with Crippen LogP contribution in [0.1, 0.15) is 17.7 Å². The summed E-state index contributed by atoms with van der Waals surface area (Å²) in [4.78, 5) is 5.13. The van der Waals surface area contributed by atoms with Gasteiger partial charge in [-0.2, -0.15) is 0 Å². The number of rotatable bonds is 4. The van der Waals surface area contributed by atoms with E-state index in [4.69, 9.17) is 0 Å². The van der Waals surface area contributed by atoms with Crippen LogP contribution in [0.4, 0.5) is 0 Å². The summed E-state index contributed by atoms with van der Waals surface area (Å²) in [6, 6.07) is 0. The lowest BCUT2D eigenvalue weighted by Gasteiger charge is -2.21. The second-order valence-electron chi connectivity index (χ2n) is 3.93. The molecule has 1 aliphatic rings. The van der Waals surface area contributed by atoms with Gasteiger partial charge in [0.15, 0.2) is 0 Å². The van der Waals surface area contributed by atoms with Gasteiger partial charge in [0.05, 0.1) is 11.3 Å². The Bertz CT molecular complexity index is 307. The van der Waals surface area contributed by atoms with Crippen molar-refractivity contribution < 1.29 is 4.21 Å². The predicted molar refractivity (Wildman–Crippen MR) is 64.4 cm³/mol. The molecule has 0 amide bonds. The van der Waals surface area contributed by atoms with E-state index in [2.05, 4.69) is 10.3 Å². The van der Waals surface area contributed by atoms with Crippen LogP contribution in [0.3, 0.4) is 0 Å². The Morgan fingerprint density at radius 2 is 2.60 bits per heavy atom. The Morgan fingerprint density at radius 1 is 1.67 bits per heavy atom. The van der Waals surface area contributed by atoms with E-state index in [9.17, 15) is 4.21 Å². The molecule has 0 aromatic carbocycles. The Morgan fingerprint density at radius 3 is 3.27 bits per heavy atom. The second kappa shape index (κ2) is 5.72. The minimum Gasteiger partial charge on any atom is -0.316 e. The number of hydrogen-bond donors (Lipinski definition) is 1. The topological polar surface area (TPSA) is 42.0 Å². The summed E-state index contributed by atoms with van der Waals surface area (Å²) in [5.74, 6) is 2.12. The van der Waals surface area contributed by atoms with Crippen LogP contribution in [0.25, 0.3) is 0 Å². The molecule has 5 heteroatoms. The summed E-state index contributed by atoms with van der Waals surface area (Å²) in [7, 11) is -0.717. The summed E-state index contributed by atoms with van der Waals surface area (Å²) in [6.07, 6.45) is 4.27. The van der Waals surface area contributed by atoms with Gasteiger partial charge in [-0.25, -0.2) is 0 Å². The van der Waals surface area contributed by atoms with Crippen molar-refractivity contribution in [3.05, 3.63) is 16.6 Å². The lowest BCUT2D eigenvalue weighted by Crippen LogP contribution is -2.32. The van der Waals surface area contributed by atoms with Crippen molar-refractivity contribution in [1.82, 2.24) is 10.3 Å². The van der Waals surface area contributed by atoms with Gasteiger partial charge >= 0.3 is 0 Å². The van der Waals surface area contributed by atoms with Crippen molar-refractivity contribution in [2.45, 2.75) is 18.6 Å². The zero-order chi connectivity index (χ0) is 10.5. The molecule has 0 radical (unpaired) electrons. The Balaban J connectivity index is 1.76. The van der Waals surface area contributed by atoms with Crippen molar-refractivity contribution >= 4 is 22.1 Å². The van der Waals surface area contributed by atoms with Crippen molar-refractivity contribution in [2.24, 2.45) is 5.92 Å². The highest BCUT2D eigenvalue weighted by molar-refractivity contribution is 7.84. The monoisotopic (exact) mass is 244 g/mol. The summed E-state index contributed by atoms with van der Waals surface area (Å²) in [5.41, 5.74) is 1.80. The van der Waals surface area contributed by atoms with Crippen LogP contribution in [0.2, 0.25) is 0 Å². The fourth-order valence-corrected chi connectivity index (χ4v) is 4.23. The van der Waals surface area contributed by atoms with Crippen molar-refractivity contribution in [3.63, 3.8) is 0 Å². The Hall–Kier alpha value is -0.260. The molecule has 0 spiro atoms. The van der Waals surface area contributed by atoms with Gasteiger partial charge in [0, 0.05) is 27.6 Å². The molecule has 1 aromatic heterocycles. The minimum absolute atomic E-state index is 0.604. The summed E-state index contributed by atoms with van der Waals surface area (Å²) in [6.45, 7) is 2.16. The Kier molecular flexibility index (Phi) is 4.29. The zero-order valence-electron chi connectivity index (χ0n) is 8.65. The maximum atomic E-state index is 11.8. The molecule has 1 aromatic rings. The van der Waals surface area contributed by atoms with E-state index in [0.717, 1.165) is 23.7 Å². The van der Waals surface area contributed by atoms with E-state index in [1.807, 2.05) is 6.20 Å². The van der Waals surface area contributed by atoms with Crippen LogP contribution in [-0.2, 0) is 16.6 Å².